The molecular weight excluding hydrogens is 350 g/mol. The van der Waals surface area contributed by atoms with E-state index in [0.29, 0.717) is 18.4 Å². The minimum Gasteiger partial charge on any atom is -0.493 e. The van der Waals surface area contributed by atoms with Crippen molar-refractivity contribution >= 4 is 11.3 Å². The van der Waals surface area contributed by atoms with E-state index < -0.39 is 0 Å². The number of ether oxygens (including phenoxy) is 2. The van der Waals surface area contributed by atoms with Gasteiger partial charge in [-0.05, 0) is 43.5 Å². The van der Waals surface area contributed by atoms with Crippen molar-refractivity contribution in [1.29, 1.82) is 0 Å². The van der Waals surface area contributed by atoms with E-state index >= 15 is 0 Å². The fourth-order valence-electron chi connectivity index (χ4n) is 2.69. The van der Waals surface area contributed by atoms with Gasteiger partial charge in [0.15, 0.2) is 17.5 Å². The molecule has 0 saturated heterocycles. The lowest BCUT2D eigenvalue weighted by Crippen LogP contribution is -3.07. The van der Waals surface area contributed by atoms with Gasteiger partial charge in [0, 0.05) is 5.56 Å². The average Bonchev–Trinajstić information content (AvgIpc) is 3.33. The molecule has 0 fully saturated rings. The van der Waals surface area contributed by atoms with Gasteiger partial charge in [0.2, 0.25) is 0 Å². The number of aromatic nitrogens is 2. The Labute approximate surface area is 157 Å². The van der Waals surface area contributed by atoms with E-state index in [-0.39, 0.29) is 6.04 Å². The van der Waals surface area contributed by atoms with Crippen molar-refractivity contribution in [1.82, 2.24) is 10.2 Å². The Morgan fingerprint density at radius 1 is 1.23 bits per heavy atom. The molecule has 1 aromatic carbocycles. The summed E-state index contributed by atoms with van der Waals surface area (Å²) in [5.41, 5.74) is 1.16. The topological polar surface area (TPSA) is 61.8 Å². The predicted molar refractivity (Wildman–Crippen MR) is 101 cm³/mol. The van der Waals surface area contributed by atoms with Crippen molar-refractivity contribution in [3.05, 3.63) is 47.2 Å². The average molecular weight is 374 g/mol. The normalized spacial score (nSPS) is 13.4. The van der Waals surface area contributed by atoms with Crippen molar-refractivity contribution < 1.29 is 18.8 Å². The first kappa shape index (κ1) is 18.4. The van der Waals surface area contributed by atoms with Crippen LogP contribution in [-0.4, -0.2) is 31.0 Å². The Morgan fingerprint density at radius 2 is 2.08 bits per heavy atom. The smallest absolute Gasteiger partial charge is 0.274 e. The highest BCUT2D eigenvalue weighted by atomic mass is 32.1. The van der Waals surface area contributed by atoms with Crippen molar-refractivity contribution in [3.8, 4) is 22.3 Å². The molecule has 0 amide bonds. The third-order valence-electron chi connectivity index (χ3n) is 4.29. The molecule has 0 spiro atoms. The first-order chi connectivity index (χ1) is 12.6. The maximum atomic E-state index is 5.87. The Bertz CT molecular complexity index is 832. The highest BCUT2D eigenvalue weighted by Crippen LogP contribution is 2.28. The number of benzene rings is 1. The molecule has 3 aromatic rings. The van der Waals surface area contributed by atoms with E-state index in [2.05, 4.69) is 30.2 Å². The molecule has 26 heavy (non-hydrogen) atoms. The van der Waals surface area contributed by atoms with Crippen molar-refractivity contribution in [3.63, 3.8) is 0 Å². The molecule has 0 aliphatic heterocycles. The maximum Gasteiger partial charge on any atom is 0.274 e. The van der Waals surface area contributed by atoms with E-state index in [9.17, 15) is 0 Å². The number of hydrogen-bond acceptors (Lipinski definition) is 6. The number of nitrogens with zero attached hydrogens (tertiary/aromatic N) is 2. The summed E-state index contributed by atoms with van der Waals surface area (Å²) in [7, 11) is 3.77. The van der Waals surface area contributed by atoms with Gasteiger partial charge in [0.1, 0.15) is 6.54 Å². The van der Waals surface area contributed by atoms with Crippen LogP contribution in [0, 0.1) is 0 Å². The number of nitrogens with one attached hydrogen (secondary N) is 1. The summed E-state index contributed by atoms with van der Waals surface area (Å²) >= 11 is 1.59. The van der Waals surface area contributed by atoms with Crippen LogP contribution in [0.25, 0.3) is 10.8 Å². The lowest BCUT2D eigenvalue weighted by Gasteiger charge is -2.19. The lowest BCUT2D eigenvalue weighted by atomic mass is 10.1. The molecule has 138 valence electrons. The monoisotopic (exact) mass is 374 g/mol. The molecule has 0 bridgehead atoms. The zero-order chi connectivity index (χ0) is 18.5. The first-order valence-electron chi connectivity index (χ1n) is 8.61. The molecule has 7 heteroatoms. The van der Waals surface area contributed by atoms with Crippen LogP contribution in [-0.2, 0) is 6.54 Å². The summed E-state index contributed by atoms with van der Waals surface area (Å²) in [5, 5.41) is 10.4. The molecule has 0 aliphatic rings. The fourth-order valence-corrected chi connectivity index (χ4v) is 3.34. The molecule has 2 atom stereocenters. The highest BCUT2D eigenvalue weighted by Gasteiger charge is 2.23. The zero-order valence-corrected chi connectivity index (χ0v) is 16.3. The highest BCUT2D eigenvalue weighted by molar-refractivity contribution is 7.13. The second-order valence-electron chi connectivity index (χ2n) is 6.09. The third-order valence-corrected chi connectivity index (χ3v) is 5.15. The second kappa shape index (κ2) is 8.33. The third kappa shape index (κ3) is 4.05. The summed E-state index contributed by atoms with van der Waals surface area (Å²) in [4.78, 5) is 2.24. The Kier molecular flexibility index (Phi) is 5.90. The van der Waals surface area contributed by atoms with E-state index in [1.165, 1.54) is 4.90 Å². The molecule has 0 saturated carbocycles. The Balaban J connectivity index is 1.70. The van der Waals surface area contributed by atoms with Gasteiger partial charge in [-0.2, -0.15) is 0 Å². The quantitative estimate of drug-likeness (QED) is 0.657. The Morgan fingerprint density at radius 3 is 2.77 bits per heavy atom. The summed E-state index contributed by atoms with van der Waals surface area (Å²) in [6.07, 6.45) is 0. The van der Waals surface area contributed by atoms with Gasteiger partial charge in [-0.3, -0.25) is 0 Å². The molecular formula is C19H24N3O3S+. The van der Waals surface area contributed by atoms with Crippen LogP contribution in [0.4, 0.5) is 0 Å². The van der Waals surface area contributed by atoms with E-state index in [4.69, 9.17) is 13.9 Å². The molecule has 2 heterocycles. The second-order valence-corrected chi connectivity index (χ2v) is 7.03. The van der Waals surface area contributed by atoms with Gasteiger partial charge < -0.3 is 18.8 Å². The predicted octanol–water partition coefficient (Wildman–Crippen LogP) is 2.98. The summed E-state index contributed by atoms with van der Waals surface area (Å²) in [5.74, 6) is 2.74. The molecule has 1 N–H and O–H groups in total. The van der Waals surface area contributed by atoms with Crippen molar-refractivity contribution in [2.45, 2.75) is 26.4 Å². The zero-order valence-electron chi connectivity index (χ0n) is 15.5. The Hall–Kier alpha value is -2.38. The summed E-state index contributed by atoms with van der Waals surface area (Å²) in [6.45, 7) is 5.47. The number of methoxy groups -OCH3 is 1. The molecule has 0 aliphatic carbocycles. The standard InChI is InChI=1S/C19H23N3O3S/c1-5-24-15-9-8-14(11-16(15)23-4)12-22(3)13(2)18-20-21-19(25-18)17-7-6-10-26-17/h6-11,13H,5,12H2,1-4H3/p+1/t13-/m0/s1. The van der Waals surface area contributed by atoms with E-state index in [1.54, 1.807) is 18.4 Å². The summed E-state index contributed by atoms with van der Waals surface area (Å²) in [6, 6.07) is 10.1. The fraction of sp³-hybridized carbons (Fsp3) is 0.368. The van der Waals surface area contributed by atoms with Crippen LogP contribution in [0.2, 0.25) is 0 Å². The van der Waals surface area contributed by atoms with Gasteiger partial charge in [-0.25, -0.2) is 0 Å². The van der Waals surface area contributed by atoms with Crippen LogP contribution in [0.3, 0.4) is 0 Å². The molecule has 6 nitrogen and oxygen atoms in total. The van der Waals surface area contributed by atoms with Gasteiger partial charge in [0.25, 0.3) is 11.8 Å². The first-order valence-corrected chi connectivity index (χ1v) is 9.49. The van der Waals surface area contributed by atoms with Crippen LogP contribution in [0.1, 0.15) is 31.3 Å². The molecule has 1 unspecified atom stereocenters. The largest absolute Gasteiger partial charge is 0.493 e. The number of rotatable bonds is 8. The van der Waals surface area contributed by atoms with Crippen LogP contribution in [0.15, 0.2) is 40.1 Å². The summed E-state index contributed by atoms with van der Waals surface area (Å²) < 4.78 is 16.9. The minimum absolute atomic E-state index is 0.0776. The molecule has 2 aromatic heterocycles. The van der Waals surface area contributed by atoms with Gasteiger partial charge in [0.05, 0.1) is 25.6 Å². The van der Waals surface area contributed by atoms with Crippen LogP contribution < -0.4 is 14.4 Å². The number of quaternary nitrogens is 1. The van der Waals surface area contributed by atoms with E-state index in [1.807, 2.05) is 36.6 Å². The lowest BCUT2D eigenvalue weighted by molar-refractivity contribution is -0.925. The SMILES string of the molecule is CCOc1ccc(C[NH+](C)[C@@H](C)c2nnc(-c3cccs3)o2)cc1OC. The van der Waals surface area contributed by atoms with Gasteiger partial charge >= 0.3 is 0 Å². The van der Waals surface area contributed by atoms with Gasteiger partial charge in [-0.1, -0.05) is 6.07 Å². The van der Waals surface area contributed by atoms with E-state index in [0.717, 1.165) is 28.5 Å². The van der Waals surface area contributed by atoms with Crippen molar-refractivity contribution in [2.24, 2.45) is 0 Å². The molecule has 0 radical (unpaired) electrons. The van der Waals surface area contributed by atoms with Crippen molar-refractivity contribution in [2.75, 3.05) is 20.8 Å². The maximum absolute atomic E-state index is 5.87. The number of hydrogen-bond donors (Lipinski definition) is 1. The number of thiophene rings is 1. The minimum atomic E-state index is 0.0776. The van der Waals surface area contributed by atoms with Gasteiger partial charge in [-0.15, -0.1) is 21.5 Å². The van der Waals surface area contributed by atoms with Crippen LogP contribution in [0.5, 0.6) is 11.5 Å². The van der Waals surface area contributed by atoms with Crippen LogP contribution >= 0.6 is 11.3 Å². The molecule has 3 rings (SSSR count).